The van der Waals surface area contributed by atoms with Gasteiger partial charge < -0.3 is 4.98 Å². The Hall–Kier alpha value is -2.08. The summed E-state index contributed by atoms with van der Waals surface area (Å²) in [6, 6.07) is 1.93. The molecule has 0 saturated heterocycles. The number of nitrogens with zero attached hydrogens (tertiary/aromatic N) is 3. The van der Waals surface area contributed by atoms with Crippen molar-refractivity contribution in [2.45, 2.75) is 51.4 Å². The monoisotopic (exact) mass is 340 g/mol. The number of H-pyrrole nitrogens is 1. The Morgan fingerprint density at radius 3 is 2.46 bits per heavy atom. The number of aromatic amines is 1. The van der Waals surface area contributed by atoms with E-state index in [9.17, 15) is 4.79 Å². The van der Waals surface area contributed by atoms with Crippen molar-refractivity contribution in [1.29, 1.82) is 0 Å². The normalized spacial score (nSPS) is 21.2. The van der Waals surface area contributed by atoms with Crippen LogP contribution in [0.2, 0.25) is 0 Å². The van der Waals surface area contributed by atoms with Crippen LogP contribution >= 0.6 is 11.5 Å². The Labute approximate surface area is 144 Å². The van der Waals surface area contributed by atoms with Gasteiger partial charge in [-0.25, -0.2) is 9.36 Å². The average Bonchev–Trinajstić information content (AvgIpc) is 3.00. The molecule has 3 aromatic heterocycles. The highest BCUT2D eigenvalue weighted by atomic mass is 32.1. The third-order valence-corrected chi connectivity index (χ3v) is 5.82. The molecule has 1 N–H and O–H groups in total. The summed E-state index contributed by atoms with van der Waals surface area (Å²) in [5, 5.41) is 0. The molecule has 0 aromatic carbocycles. The molecule has 1 aliphatic rings. The van der Waals surface area contributed by atoms with E-state index in [-0.39, 0.29) is 5.56 Å². The Kier molecular flexibility index (Phi) is 3.92. The number of rotatable bonds is 2. The van der Waals surface area contributed by atoms with Gasteiger partial charge in [0.05, 0.1) is 5.69 Å². The molecule has 1 saturated carbocycles. The highest BCUT2D eigenvalue weighted by molar-refractivity contribution is 7.05. The van der Waals surface area contributed by atoms with Gasteiger partial charge in [0, 0.05) is 22.8 Å². The number of hydrogen-bond donors (Lipinski definition) is 1. The fraction of sp³-hybridized carbons (Fsp3) is 0.444. The van der Waals surface area contributed by atoms with Crippen LogP contribution in [0.1, 0.15) is 59.2 Å². The highest BCUT2D eigenvalue weighted by Crippen LogP contribution is 2.41. The summed E-state index contributed by atoms with van der Waals surface area (Å²) in [7, 11) is 0. The topological polar surface area (TPSA) is 71.5 Å². The molecule has 0 radical (unpaired) electrons. The first-order valence-electron chi connectivity index (χ1n) is 8.39. The molecule has 4 rings (SSSR count). The third-order valence-electron chi connectivity index (χ3n) is 5.10. The van der Waals surface area contributed by atoms with Crippen LogP contribution in [0.5, 0.6) is 0 Å². The first-order valence-corrected chi connectivity index (χ1v) is 9.17. The second-order valence-electron chi connectivity index (χ2n) is 6.68. The molecule has 24 heavy (non-hydrogen) atoms. The summed E-state index contributed by atoms with van der Waals surface area (Å²) in [5.74, 6) is 0.895. The maximum atomic E-state index is 12.5. The molecule has 0 atom stereocenters. The summed E-state index contributed by atoms with van der Waals surface area (Å²) >= 11 is 1.58. The minimum atomic E-state index is -0.0146. The molecular formula is C18H20N4OS. The van der Waals surface area contributed by atoms with Crippen LogP contribution in [0.15, 0.2) is 23.3 Å². The van der Waals surface area contributed by atoms with Crippen LogP contribution in [-0.2, 0) is 0 Å². The minimum absolute atomic E-state index is 0.0146. The molecule has 0 spiro atoms. The molecule has 0 aliphatic heterocycles. The van der Waals surface area contributed by atoms with Crippen molar-refractivity contribution in [1.82, 2.24) is 19.3 Å². The van der Waals surface area contributed by atoms with Crippen LogP contribution in [0, 0.1) is 13.8 Å². The standard InChI is InChI=1S/C18H20N4OS/c1-10-8-19-16-7-14(18(23)22-17(16)21-10)12-3-5-13(6-4-12)15-9-20-24-11(15)2/h7-9,12-13H,3-6H2,1-2H3,(H,21,22,23). The van der Waals surface area contributed by atoms with Gasteiger partial charge in [0.2, 0.25) is 0 Å². The van der Waals surface area contributed by atoms with Gasteiger partial charge in [-0.1, -0.05) is 0 Å². The van der Waals surface area contributed by atoms with E-state index in [4.69, 9.17) is 0 Å². The van der Waals surface area contributed by atoms with Gasteiger partial charge in [-0.05, 0) is 74.5 Å². The van der Waals surface area contributed by atoms with E-state index in [0.29, 0.717) is 17.5 Å². The molecule has 1 aliphatic carbocycles. The number of aromatic nitrogens is 4. The lowest BCUT2D eigenvalue weighted by Crippen LogP contribution is -2.21. The Balaban J connectivity index is 1.58. The van der Waals surface area contributed by atoms with E-state index in [0.717, 1.165) is 42.5 Å². The maximum Gasteiger partial charge on any atom is 0.253 e. The number of hydrogen-bond acceptors (Lipinski definition) is 5. The summed E-state index contributed by atoms with van der Waals surface area (Å²) in [6.45, 7) is 4.02. The summed E-state index contributed by atoms with van der Waals surface area (Å²) in [6.07, 6.45) is 8.06. The van der Waals surface area contributed by atoms with Crippen molar-refractivity contribution < 1.29 is 0 Å². The first kappa shape index (κ1) is 15.4. The lowest BCUT2D eigenvalue weighted by Gasteiger charge is -2.28. The Morgan fingerprint density at radius 1 is 1.08 bits per heavy atom. The molecule has 0 unspecified atom stereocenters. The van der Waals surface area contributed by atoms with E-state index < -0.39 is 0 Å². The molecule has 6 heteroatoms. The van der Waals surface area contributed by atoms with Gasteiger partial charge in [0.15, 0.2) is 5.65 Å². The molecule has 0 bridgehead atoms. The van der Waals surface area contributed by atoms with Crippen molar-refractivity contribution >= 4 is 22.7 Å². The highest BCUT2D eigenvalue weighted by Gasteiger charge is 2.27. The SMILES string of the molecule is Cc1cnc2cc(C3CCC(c4cnsc4C)CC3)c(=O)[nH]c2n1. The number of fused-ring (bicyclic) bond motifs is 1. The van der Waals surface area contributed by atoms with E-state index in [1.165, 1.54) is 10.4 Å². The van der Waals surface area contributed by atoms with Crippen LogP contribution < -0.4 is 5.56 Å². The van der Waals surface area contributed by atoms with Gasteiger partial charge in [0.25, 0.3) is 5.56 Å². The number of pyridine rings is 1. The fourth-order valence-corrected chi connectivity index (χ4v) is 4.44. The van der Waals surface area contributed by atoms with Crippen molar-refractivity contribution in [2.75, 3.05) is 0 Å². The zero-order valence-corrected chi connectivity index (χ0v) is 14.7. The molecule has 1 fully saturated rings. The average molecular weight is 340 g/mol. The largest absolute Gasteiger partial charge is 0.305 e. The Bertz CT molecular complexity index is 938. The molecular weight excluding hydrogens is 320 g/mol. The molecule has 124 valence electrons. The van der Waals surface area contributed by atoms with Crippen molar-refractivity contribution in [2.24, 2.45) is 0 Å². The molecule has 0 amide bonds. The van der Waals surface area contributed by atoms with Crippen molar-refractivity contribution in [3.8, 4) is 0 Å². The predicted octanol–water partition coefficient (Wildman–Crippen LogP) is 3.83. The number of nitrogens with one attached hydrogen (secondary N) is 1. The Morgan fingerprint density at radius 2 is 1.79 bits per heavy atom. The lowest BCUT2D eigenvalue weighted by atomic mass is 9.76. The minimum Gasteiger partial charge on any atom is -0.305 e. The second kappa shape index (κ2) is 6.09. The predicted molar refractivity (Wildman–Crippen MR) is 95.7 cm³/mol. The quantitative estimate of drug-likeness (QED) is 0.769. The summed E-state index contributed by atoms with van der Waals surface area (Å²) in [4.78, 5) is 25.5. The van der Waals surface area contributed by atoms with Gasteiger partial charge in [-0.3, -0.25) is 9.78 Å². The van der Waals surface area contributed by atoms with E-state index in [2.05, 4.69) is 26.2 Å². The second-order valence-corrected chi connectivity index (χ2v) is 7.69. The van der Waals surface area contributed by atoms with Gasteiger partial charge >= 0.3 is 0 Å². The van der Waals surface area contributed by atoms with Crippen LogP contribution in [-0.4, -0.2) is 19.3 Å². The summed E-state index contributed by atoms with van der Waals surface area (Å²) < 4.78 is 4.30. The van der Waals surface area contributed by atoms with Gasteiger partial charge in [-0.15, -0.1) is 0 Å². The molecule has 3 heterocycles. The third kappa shape index (κ3) is 2.75. The van der Waals surface area contributed by atoms with Crippen molar-refractivity contribution in [3.63, 3.8) is 0 Å². The lowest BCUT2D eigenvalue weighted by molar-refractivity contribution is 0.394. The van der Waals surface area contributed by atoms with Gasteiger partial charge in [-0.2, -0.15) is 0 Å². The maximum absolute atomic E-state index is 12.5. The first-order chi connectivity index (χ1) is 11.6. The van der Waals surface area contributed by atoms with Crippen LogP contribution in [0.25, 0.3) is 11.2 Å². The van der Waals surface area contributed by atoms with E-state index in [1.54, 1.807) is 17.7 Å². The van der Waals surface area contributed by atoms with Gasteiger partial charge in [0.1, 0.15) is 5.52 Å². The smallest absolute Gasteiger partial charge is 0.253 e. The van der Waals surface area contributed by atoms with E-state index in [1.807, 2.05) is 19.2 Å². The molecule has 5 nitrogen and oxygen atoms in total. The van der Waals surface area contributed by atoms with Crippen molar-refractivity contribution in [3.05, 3.63) is 50.5 Å². The summed E-state index contributed by atoms with van der Waals surface area (Å²) in [5.41, 5.74) is 4.41. The zero-order valence-electron chi connectivity index (χ0n) is 13.9. The molecule has 3 aromatic rings. The fourth-order valence-electron chi connectivity index (χ4n) is 3.79. The zero-order chi connectivity index (χ0) is 16.7. The van der Waals surface area contributed by atoms with E-state index >= 15 is 0 Å². The number of aryl methyl sites for hydroxylation is 2. The van der Waals surface area contributed by atoms with Crippen LogP contribution in [0.3, 0.4) is 0 Å². The van der Waals surface area contributed by atoms with Crippen LogP contribution in [0.4, 0.5) is 0 Å².